The van der Waals surface area contributed by atoms with Gasteiger partial charge in [0.25, 0.3) is 11.7 Å². The lowest BCUT2D eigenvalue weighted by atomic mass is 10.1. The van der Waals surface area contributed by atoms with Gasteiger partial charge in [-0.05, 0) is 30.3 Å². The zero-order valence-electron chi connectivity index (χ0n) is 14.0. The summed E-state index contributed by atoms with van der Waals surface area (Å²) in [5.74, 6) is -0.634. The van der Waals surface area contributed by atoms with Gasteiger partial charge in [-0.3, -0.25) is 9.59 Å². The Bertz CT molecular complexity index is 962. The molecule has 1 aromatic carbocycles. The third-order valence-corrected chi connectivity index (χ3v) is 4.62. The minimum Gasteiger partial charge on any atom is -0.360 e. The summed E-state index contributed by atoms with van der Waals surface area (Å²) < 4.78 is 13.3. The van der Waals surface area contributed by atoms with E-state index in [1.165, 1.54) is 24.4 Å². The largest absolute Gasteiger partial charge is 0.360 e. The first kappa shape index (κ1) is 16.3. The molecule has 0 bridgehead atoms. The molecule has 3 aromatic rings. The number of amides is 1. The maximum absolute atomic E-state index is 13.3. The number of benzene rings is 1. The highest BCUT2D eigenvalue weighted by Gasteiger charge is 2.28. The molecule has 1 fully saturated rings. The average Bonchev–Trinajstić information content (AvgIpc) is 3.10. The van der Waals surface area contributed by atoms with E-state index in [0.717, 1.165) is 5.82 Å². The van der Waals surface area contributed by atoms with Crippen LogP contribution in [0.4, 0.5) is 10.2 Å². The van der Waals surface area contributed by atoms with E-state index in [1.54, 1.807) is 11.1 Å². The van der Waals surface area contributed by atoms with Gasteiger partial charge in [0.1, 0.15) is 11.6 Å². The number of H-pyrrole nitrogens is 1. The highest BCUT2D eigenvalue weighted by Crippen LogP contribution is 2.21. The Morgan fingerprint density at radius 3 is 2.62 bits per heavy atom. The molecule has 0 spiro atoms. The standard InChI is InChI=1S/C19H17FN4O2/c20-13-4-5-14-15(12-22-16(14)11-13)18(25)19(26)24-9-7-23(8-10-24)17-3-1-2-6-21-17/h1-6,11-12,22H,7-10H2. The maximum atomic E-state index is 13.3. The fourth-order valence-corrected chi connectivity index (χ4v) is 3.22. The third kappa shape index (κ3) is 2.92. The molecule has 1 aliphatic rings. The lowest BCUT2D eigenvalue weighted by molar-refractivity contribution is -0.126. The molecule has 132 valence electrons. The summed E-state index contributed by atoms with van der Waals surface area (Å²) in [7, 11) is 0. The van der Waals surface area contributed by atoms with Crippen molar-refractivity contribution in [3.05, 3.63) is 60.2 Å². The topological polar surface area (TPSA) is 69.3 Å². The van der Waals surface area contributed by atoms with Crippen LogP contribution in [-0.2, 0) is 4.79 Å². The number of hydrogen-bond donors (Lipinski definition) is 1. The van der Waals surface area contributed by atoms with E-state index in [4.69, 9.17) is 0 Å². The number of ketones is 1. The van der Waals surface area contributed by atoms with Crippen molar-refractivity contribution in [2.75, 3.05) is 31.1 Å². The van der Waals surface area contributed by atoms with Gasteiger partial charge in [-0.1, -0.05) is 6.07 Å². The molecule has 4 rings (SSSR count). The summed E-state index contributed by atoms with van der Waals surface area (Å²) in [5.41, 5.74) is 0.776. The second kappa shape index (κ2) is 6.59. The Balaban J connectivity index is 1.47. The lowest BCUT2D eigenvalue weighted by Gasteiger charge is -2.35. The first-order chi connectivity index (χ1) is 12.6. The molecule has 0 radical (unpaired) electrons. The molecule has 0 atom stereocenters. The van der Waals surface area contributed by atoms with Crippen molar-refractivity contribution in [1.29, 1.82) is 0 Å². The molecule has 7 heteroatoms. The van der Waals surface area contributed by atoms with Crippen LogP contribution >= 0.6 is 0 Å². The first-order valence-corrected chi connectivity index (χ1v) is 8.40. The van der Waals surface area contributed by atoms with E-state index in [-0.39, 0.29) is 5.56 Å². The van der Waals surface area contributed by atoms with Gasteiger partial charge >= 0.3 is 0 Å². The predicted molar refractivity (Wildman–Crippen MR) is 95.6 cm³/mol. The number of Topliss-reactive ketones (excluding diaryl/α,β-unsaturated/α-hetero) is 1. The Hall–Kier alpha value is -3.22. The normalized spacial score (nSPS) is 14.7. The number of aromatic amines is 1. The minimum absolute atomic E-state index is 0.275. The minimum atomic E-state index is -0.575. The summed E-state index contributed by atoms with van der Waals surface area (Å²) in [5, 5.41) is 0.553. The third-order valence-electron chi connectivity index (χ3n) is 4.62. The molecule has 0 unspecified atom stereocenters. The smallest absolute Gasteiger partial charge is 0.295 e. The van der Waals surface area contributed by atoms with Crippen molar-refractivity contribution in [2.45, 2.75) is 0 Å². The lowest BCUT2D eigenvalue weighted by Crippen LogP contribution is -2.50. The number of carbonyl (C=O) groups is 2. The van der Waals surface area contributed by atoms with Crippen LogP contribution in [0.2, 0.25) is 0 Å². The zero-order chi connectivity index (χ0) is 18.1. The van der Waals surface area contributed by atoms with Crippen LogP contribution in [-0.4, -0.2) is 52.7 Å². The molecule has 0 aliphatic carbocycles. The number of nitrogens with one attached hydrogen (secondary N) is 1. The molecular formula is C19H17FN4O2. The number of anilines is 1. The van der Waals surface area contributed by atoms with Crippen molar-refractivity contribution in [1.82, 2.24) is 14.9 Å². The number of piperazine rings is 1. The van der Waals surface area contributed by atoms with E-state index >= 15 is 0 Å². The quantitative estimate of drug-likeness (QED) is 0.580. The van der Waals surface area contributed by atoms with Gasteiger partial charge < -0.3 is 14.8 Å². The van der Waals surface area contributed by atoms with Crippen molar-refractivity contribution in [2.24, 2.45) is 0 Å². The van der Waals surface area contributed by atoms with Gasteiger partial charge in [0.05, 0.1) is 5.56 Å². The number of hydrogen-bond acceptors (Lipinski definition) is 4. The van der Waals surface area contributed by atoms with Crippen LogP contribution in [0.1, 0.15) is 10.4 Å². The monoisotopic (exact) mass is 352 g/mol. The summed E-state index contributed by atoms with van der Waals surface area (Å²) in [4.78, 5) is 36.0. The fourth-order valence-electron chi connectivity index (χ4n) is 3.22. The number of aromatic nitrogens is 2. The number of halogens is 1. The highest BCUT2D eigenvalue weighted by atomic mass is 19.1. The molecule has 6 nitrogen and oxygen atoms in total. The van der Waals surface area contributed by atoms with E-state index in [9.17, 15) is 14.0 Å². The highest BCUT2D eigenvalue weighted by molar-refractivity contribution is 6.44. The van der Waals surface area contributed by atoms with E-state index in [1.807, 2.05) is 18.2 Å². The van der Waals surface area contributed by atoms with Gasteiger partial charge in [-0.2, -0.15) is 0 Å². The van der Waals surface area contributed by atoms with Crippen molar-refractivity contribution in [3.63, 3.8) is 0 Å². The van der Waals surface area contributed by atoms with Crippen LogP contribution in [0.3, 0.4) is 0 Å². The zero-order valence-corrected chi connectivity index (χ0v) is 14.0. The van der Waals surface area contributed by atoms with Crippen molar-refractivity contribution in [3.8, 4) is 0 Å². The molecule has 1 saturated heterocycles. The average molecular weight is 352 g/mol. The van der Waals surface area contributed by atoms with E-state index in [0.29, 0.717) is 37.1 Å². The van der Waals surface area contributed by atoms with Gasteiger partial charge in [0.2, 0.25) is 0 Å². The molecule has 1 amide bonds. The molecule has 2 aromatic heterocycles. The molecule has 1 N–H and O–H groups in total. The van der Waals surface area contributed by atoms with Crippen molar-refractivity contribution >= 4 is 28.4 Å². The van der Waals surface area contributed by atoms with Crippen molar-refractivity contribution < 1.29 is 14.0 Å². The number of fused-ring (bicyclic) bond motifs is 1. The van der Waals surface area contributed by atoms with Gasteiger partial charge in [-0.25, -0.2) is 9.37 Å². The van der Waals surface area contributed by atoms with Gasteiger partial charge in [-0.15, -0.1) is 0 Å². The fraction of sp³-hybridized carbons (Fsp3) is 0.211. The first-order valence-electron chi connectivity index (χ1n) is 8.40. The second-order valence-electron chi connectivity index (χ2n) is 6.19. The van der Waals surface area contributed by atoms with E-state index < -0.39 is 17.5 Å². The second-order valence-corrected chi connectivity index (χ2v) is 6.19. The molecule has 0 saturated carbocycles. The molecule has 26 heavy (non-hydrogen) atoms. The maximum Gasteiger partial charge on any atom is 0.295 e. The van der Waals surface area contributed by atoms with Crippen LogP contribution < -0.4 is 4.90 Å². The Morgan fingerprint density at radius 2 is 1.88 bits per heavy atom. The Morgan fingerprint density at radius 1 is 1.08 bits per heavy atom. The molecule has 3 heterocycles. The van der Waals surface area contributed by atoms with Crippen LogP contribution in [0.5, 0.6) is 0 Å². The van der Waals surface area contributed by atoms with Gasteiger partial charge in [0.15, 0.2) is 0 Å². The van der Waals surface area contributed by atoms with Crippen LogP contribution in [0.15, 0.2) is 48.8 Å². The Kier molecular flexibility index (Phi) is 4.12. The Labute approximate surface area is 149 Å². The summed E-state index contributed by atoms with van der Waals surface area (Å²) in [6.45, 7) is 2.15. The summed E-state index contributed by atoms with van der Waals surface area (Å²) in [6, 6.07) is 9.80. The number of nitrogens with zero attached hydrogens (tertiary/aromatic N) is 3. The predicted octanol–water partition coefficient (Wildman–Crippen LogP) is 2.23. The number of pyridine rings is 1. The van der Waals surface area contributed by atoms with Gasteiger partial charge in [0, 0.05) is 49.5 Å². The van der Waals surface area contributed by atoms with Crippen LogP contribution in [0.25, 0.3) is 10.9 Å². The number of rotatable bonds is 3. The molecular weight excluding hydrogens is 335 g/mol. The van der Waals surface area contributed by atoms with Crippen LogP contribution in [0, 0.1) is 5.82 Å². The van der Waals surface area contributed by atoms with E-state index in [2.05, 4.69) is 14.9 Å². The SMILES string of the molecule is O=C(C(=O)N1CCN(c2ccccn2)CC1)c1c[nH]c2cc(F)ccc12. The molecule has 1 aliphatic heterocycles. The number of carbonyl (C=O) groups excluding carboxylic acids is 2. The summed E-state index contributed by atoms with van der Waals surface area (Å²) >= 11 is 0. The summed E-state index contributed by atoms with van der Waals surface area (Å²) in [6.07, 6.45) is 3.20.